The van der Waals surface area contributed by atoms with Gasteiger partial charge in [0, 0.05) is 29.1 Å². The van der Waals surface area contributed by atoms with Crippen molar-refractivity contribution in [2.75, 3.05) is 38.2 Å². The van der Waals surface area contributed by atoms with Crippen molar-refractivity contribution in [2.24, 2.45) is 5.92 Å². The van der Waals surface area contributed by atoms with Crippen LogP contribution in [0.15, 0.2) is 24.4 Å². The highest BCUT2D eigenvalue weighted by Crippen LogP contribution is 2.32. The van der Waals surface area contributed by atoms with E-state index in [4.69, 9.17) is 9.72 Å². The predicted octanol–water partition coefficient (Wildman–Crippen LogP) is 2.74. The van der Waals surface area contributed by atoms with Gasteiger partial charge in [0.25, 0.3) is 0 Å². The van der Waals surface area contributed by atoms with E-state index in [2.05, 4.69) is 17.9 Å². The van der Waals surface area contributed by atoms with Gasteiger partial charge in [-0.05, 0) is 68.4 Å². The third-order valence-corrected chi connectivity index (χ3v) is 8.20. The molecule has 4 rings (SSSR count). The number of piperidine rings is 1. The second kappa shape index (κ2) is 8.03. The molecule has 2 aliphatic heterocycles. The number of nitrogens with zero attached hydrogens (tertiary/aromatic N) is 2. The van der Waals surface area contributed by atoms with E-state index in [9.17, 15) is 13.2 Å². The molecule has 0 aliphatic carbocycles. The summed E-state index contributed by atoms with van der Waals surface area (Å²) in [6.07, 6.45) is 4.34. The molecule has 0 amide bonds. The first kappa shape index (κ1) is 20.3. The lowest BCUT2D eigenvalue weighted by atomic mass is 9.91. The predicted molar refractivity (Wildman–Crippen MR) is 113 cm³/mol. The highest BCUT2D eigenvalue weighted by Gasteiger charge is 2.34. The molecule has 1 unspecified atom stereocenters. The van der Waals surface area contributed by atoms with E-state index in [0.717, 1.165) is 48.3 Å². The van der Waals surface area contributed by atoms with Gasteiger partial charge >= 0.3 is 0 Å². The standard InChI is InChI=1S/C22H28N2O4S/c1-15-19-11-20(23-12-17(19)3-4-22(15)28-2)16-5-8-24(9-6-16)13-21(25)18-7-10-29(26,27)14-18/h3-4,11-12,16,18H,5-10,13-14H2,1-2H3. The Bertz CT molecular complexity index is 1030. The number of hydrogen-bond donors (Lipinski definition) is 0. The second-order valence-electron chi connectivity index (χ2n) is 8.34. The molecular formula is C22H28N2O4S. The number of methoxy groups -OCH3 is 1. The minimum absolute atomic E-state index is 0.0339. The maximum Gasteiger partial charge on any atom is 0.151 e. The van der Waals surface area contributed by atoms with Crippen LogP contribution in [0, 0.1) is 12.8 Å². The molecule has 1 atom stereocenters. The fourth-order valence-corrected chi connectivity index (χ4v) is 6.37. The first-order valence-corrected chi connectivity index (χ1v) is 12.1. The van der Waals surface area contributed by atoms with Crippen LogP contribution in [0.3, 0.4) is 0 Å². The number of hydrogen-bond acceptors (Lipinski definition) is 6. The molecule has 7 heteroatoms. The van der Waals surface area contributed by atoms with Crippen LogP contribution < -0.4 is 4.74 Å². The van der Waals surface area contributed by atoms with Gasteiger partial charge in [-0.2, -0.15) is 0 Å². The van der Waals surface area contributed by atoms with Crippen LogP contribution >= 0.6 is 0 Å². The summed E-state index contributed by atoms with van der Waals surface area (Å²) in [5, 5.41) is 2.29. The second-order valence-corrected chi connectivity index (χ2v) is 10.6. The number of Topliss-reactive ketones (excluding diaryl/α,β-unsaturated/α-hetero) is 1. The lowest BCUT2D eigenvalue weighted by molar-refractivity contribution is -0.123. The third-order valence-electron chi connectivity index (χ3n) is 6.44. The summed E-state index contributed by atoms with van der Waals surface area (Å²) in [5.74, 6) is 1.23. The molecule has 6 nitrogen and oxygen atoms in total. The summed E-state index contributed by atoms with van der Waals surface area (Å²) in [6.45, 7) is 4.12. The lowest BCUT2D eigenvalue weighted by Gasteiger charge is -2.31. The average Bonchev–Trinajstić information content (AvgIpc) is 3.09. The van der Waals surface area contributed by atoms with Crippen LogP contribution in [-0.2, 0) is 14.6 Å². The van der Waals surface area contributed by atoms with Crippen LogP contribution in [0.4, 0.5) is 0 Å². The van der Waals surface area contributed by atoms with Gasteiger partial charge in [-0.1, -0.05) is 0 Å². The Kier molecular flexibility index (Phi) is 5.62. The van der Waals surface area contributed by atoms with Gasteiger partial charge < -0.3 is 4.74 Å². The summed E-state index contributed by atoms with van der Waals surface area (Å²) >= 11 is 0. The monoisotopic (exact) mass is 416 g/mol. The minimum Gasteiger partial charge on any atom is -0.496 e. The molecule has 29 heavy (non-hydrogen) atoms. The number of sulfone groups is 1. The minimum atomic E-state index is -3.01. The molecule has 2 saturated heterocycles. The van der Waals surface area contributed by atoms with Crippen LogP contribution in [0.2, 0.25) is 0 Å². The van der Waals surface area contributed by atoms with Gasteiger partial charge in [0.1, 0.15) is 5.75 Å². The number of carbonyl (C=O) groups is 1. The fraction of sp³-hybridized carbons (Fsp3) is 0.545. The van der Waals surface area contributed by atoms with E-state index in [1.807, 2.05) is 18.3 Å². The Balaban J connectivity index is 1.39. The van der Waals surface area contributed by atoms with Crippen molar-refractivity contribution in [1.29, 1.82) is 0 Å². The zero-order valence-corrected chi connectivity index (χ0v) is 17.9. The Morgan fingerprint density at radius 3 is 2.66 bits per heavy atom. The average molecular weight is 417 g/mol. The van der Waals surface area contributed by atoms with Gasteiger partial charge in [-0.3, -0.25) is 14.7 Å². The molecule has 0 spiro atoms. The van der Waals surface area contributed by atoms with Crippen LogP contribution in [-0.4, -0.2) is 62.3 Å². The Hall–Kier alpha value is -1.99. The van der Waals surface area contributed by atoms with Crippen molar-refractivity contribution >= 4 is 26.4 Å². The van der Waals surface area contributed by atoms with E-state index >= 15 is 0 Å². The maximum atomic E-state index is 12.5. The van der Waals surface area contributed by atoms with Crippen molar-refractivity contribution in [1.82, 2.24) is 9.88 Å². The number of likely N-dealkylation sites (tertiary alicyclic amines) is 1. The molecule has 2 fully saturated rings. The van der Waals surface area contributed by atoms with E-state index < -0.39 is 9.84 Å². The quantitative estimate of drug-likeness (QED) is 0.746. The van der Waals surface area contributed by atoms with Gasteiger partial charge in [0.05, 0.1) is 25.2 Å². The van der Waals surface area contributed by atoms with Crippen LogP contribution in [0.1, 0.15) is 36.4 Å². The van der Waals surface area contributed by atoms with Crippen molar-refractivity contribution in [3.63, 3.8) is 0 Å². The number of rotatable bonds is 5. The molecule has 0 bridgehead atoms. The Labute approximate surface area is 172 Å². The molecule has 3 heterocycles. The summed E-state index contributed by atoms with van der Waals surface area (Å²) in [4.78, 5) is 19.3. The molecule has 1 aromatic heterocycles. The molecule has 2 aliphatic rings. The number of ketones is 1. The number of fused-ring (bicyclic) bond motifs is 1. The van der Waals surface area contributed by atoms with Crippen molar-refractivity contribution in [3.8, 4) is 5.75 Å². The van der Waals surface area contributed by atoms with E-state index in [0.29, 0.717) is 18.9 Å². The normalized spacial score (nSPS) is 22.8. The first-order valence-electron chi connectivity index (χ1n) is 10.2. The summed E-state index contributed by atoms with van der Waals surface area (Å²) in [6, 6.07) is 6.20. The van der Waals surface area contributed by atoms with Gasteiger partial charge in [0.15, 0.2) is 15.6 Å². The molecule has 0 radical (unpaired) electrons. The number of ether oxygens (including phenoxy) is 1. The summed E-state index contributed by atoms with van der Waals surface area (Å²) < 4.78 is 28.7. The number of carbonyl (C=O) groups excluding carboxylic acids is 1. The van der Waals surface area contributed by atoms with E-state index in [1.54, 1.807) is 7.11 Å². The highest BCUT2D eigenvalue weighted by molar-refractivity contribution is 7.91. The van der Waals surface area contributed by atoms with Crippen molar-refractivity contribution < 1.29 is 17.9 Å². The van der Waals surface area contributed by atoms with Gasteiger partial charge in [-0.15, -0.1) is 0 Å². The first-order chi connectivity index (χ1) is 13.9. The molecule has 156 valence electrons. The number of pyridine rings is 1. The number of aromatic nitrogens is 1. The number of benzene rings is 1. The van der Waals surface area contributed by atoms with Crippen LogP contribution in [0.5, 0.6) is 5.75 Å². The summed E-state index contributed by atoms with van der Waals surface area (Å²) in [7, 11) is -1.32. The summed E-state index contributed by atoms with van der Waals surface area (Å²) in [5.41, 5.74) is 2.23. The van der Waals surface area contributed by atoms with Crippen molar-refractivity contribution in [3.05, 3.63) is 35.7 Å². The van der Waals surface area contributed by atoms with Gasteiger partial charge in [-0.25, -0.2) is 8.42 Å². The molecule has 1 aromatic carbocycles. The molecule has 2 aromatic rings. The van der Waals surface area contributed by atoms with Crippen LogP contribution in [0.25, 0.3) is 10.8 Å². The largest absolute Gasteiger partial charge is 0.496 e. The molecule has 0 N–H and O–H groups in total. The smallest absolute Gasteiger partial charge is 0.151 e. The zero-order chi connectivity index (χ0) is 20.6. The SMILES string of the molecule is COc1ccc2cnc(C3CCN(CC(=O)C4CCS(=O)(=O)C4)CC3)cc2c1C. The van der Waals surface area contributed by atoms with Crippen molar-refractivity contribution in [2.45, 2.75) is 32.1 Å². The lowest BCUT2D eigenvalue weighted by Crippen LogP contribution is -2.39. The third kappa shape index (κ3) is 4.31. The highest BCUT2D eigenvalue weighted by atomic mass is 32.2. The molecule has 0 saturated carbocycles. The fourth-order valence-electron chi connectivity index (χ4n) is 4.59. The van der Waals surface area contributed by atoms with E-state index in [-0.39, 0.29) is 23.2 Å². The molecular weight excluding hydrogens is 388 g/mol. The zero-order valence-electron chi connectivity index (χ0n) is 17.1. The van der Waals surface area contributed by atoms with Gasteiger partial charge in [0.2, 0.25) is 0 Å². The maximum absolute atomic E-state index is 12.5. The Morgan fingerprint density at radius 2 is 2.00 bits per heavy atom. The Morgan fingerprint density at radius 1 is 1.24 bits per heavy atom. The number of aryl methyl sites for hydroxylation is 1. The van der Waals surface area contributed by atoms with E-state index in [1.165, 1.54) is 5.39 Å². The topological polar surface area (TPSA) is 76.6 Å².